The van der Waals surface area contributed by atoms with Crippen LogP contribution in [0.3, 0.4) is 0 Å². The molecule has 0 fully saturated rings. The van der Waals surface area contributed by atoms with Crippen molar-refractivity contribution in [2.75, 3.05) is 0 Å². The van der Waals surface area contributed by atoms with E-state index in [0.29, 0.717) is 17.5 Å². The Labute approximate surface area is 304 Å². The van der Waals surface area contributed by atoms with Crippen molar-refractivity contribution in [2.24, 2.45) is 0 Å². The van der Waals surface area contributed by atoms with Crippen LogP contribution in [-0.4, -0.2) is 15.0 Å². The van der Waals surface area contributed by atoms with Crippen molar-refractivity contribution in [3.63, 3.8) is 0 Å². The Morgan fingerprint density at radius 2 is 0.962 bits per heavy atom. The van der Waals surface area contributed by atoms with E-state index in [1.54, 1.807) is 0 Å². The van der Waals surface area contributed by atoms with Crippen molar-refractivity contribution in [1.82, 2.24) is 15.0 Å². The molecule has 0 saturated carbocycles. The van der Waals surface area contributed by atoms with Gasteiger partial charge < -0.3 is 4.42 Å². The molecule has 0 unspecified atom stereocenters. The first kappa shape index (κ1) is 29.5. The van der Waals surface area contributed by atoms with Crippen molar-refractivity contribution in [1.29, 1.82) is 0 Å². The monoisotopic (exact) mass is 675 g/mol. The number of rotatable bonds is 4. The van der Waals surface area contributed by atoms with Crippen LogP contribution in [0, 0.1) is 0 Å². The standard InChI is InChI=1S/C49H29N3O/c1-2-12-33(13-3-1)47-50-48(36-23-20-30-10-4-5-14-34(30)28-36)52-49(51-47)41-18-9-19-44-46(41)42-29-35(25-27-43(42)53-44)37-16-8-17-40-39(37)26-24-32-22-21-31-11-6-7-15-38(31)45(32)40/h1-29H. The Bertz CT molecular complexity index is 3240. The molecular formula is C49H29N3O. The van der Waals surface area contributed by atoms with Crippen molar-refractivity contribution in [2.45, 2.75) is 0 Å². The highest BCUT2D eigenvalue weighted by molar-refractivity contribution is 6.22. The molecule has 2 heterocycles. The molecule has 0 N–H and O–H groups in total. The van der Waals surface area contributed by atoms with Crippen LogP contribution < -0.4 is 0 Å². The van der Waals surface area contributed by atoms with Gasteiger partial charge in [-0.25, -0.2) is 15.0 Å². The molecule has 11 rings (SSSR count). The van der Waals surface area contributed by atoms with Crippen LogP contribution in [0.25, 0.3) is 110 Å². The van der Waals surface area contributed by atoms with Crippen molar-refractivity contribution in [3.05, 3.63) is 176 Å². The summed E-state index contributed by atoms with van der Waals surface area (Å²) in [7, 11) is 0. The molecule has 0 atom stereocenters. The summed E-state index contributed by atoms with van der Waals surface area (Å²) in [6.07, 6.45) is 0. The molecule has 4 heteroatoms. The van der Waals surface area contributed by atoms with Gasteiger partial charge >= 0.3 is 0 Å². The van der Waals surface area contributed by atoms with Crippen molar-refractivity contribution < 1.29 is 4.42 Å². The Morgan fingerprint density at radius 1 is 0.302 bits per heavy atom. The van der Waals surface area contributed by atoms with E-state index in [9.17, 15) is 0 Å². The lowest BCUT2D eigenvalue weighted by Crippen LogP contribution is -2.00. The molecule has 0 amide bonds. The van der Waals surface area contributed by atoms with Gasteiger partial charge in [-0.05, 0) is 78.5 Å². The lowest BCUT2D eigenvalue weighted by atomic mass is 9.91. The number of aromatic nitrogens is 3. The molecule has 0 aliphatic rings. The molecule has 0 spiro atoms. The first-order valence-electron chi connectivity index (χ1n) is 17.9. The third kappa shape index (κ3) is 4.80. The van der Waals surface area contributed by atoms with Gasteiger partial charge in [0.05, 0.1) is 0 Å². The molecule has 11 aromatic rings. The summed E-state index contributed by atoms with van der Waals surface area (Å²) in [5.74, 6) is 1.85. The Morgan fingerprint density at radius 3 is 1.87 bits per heavy atom. The minimum atomic E-state index is 0.601. The molecule has 0 saturated heterocycles. The summed E-state index contributed by atoms with van der Waals surface area (Å²) in [4.78, 5) is 15.3. The van der Waals surface area contributed by atoms with Crippen LogP contribution in [0.1, 0.15) is 0 Å². The minimum Gasteiger partial charge on any atom is -0.456 e. The van der Waals surface area contributed by atoms with Gasteiger partial charge in [-0.3, -0.25) is 0 Å². The third-order valence-corrected chi connectivity index (χ3v) is 10.5. The number of furan rings is 1. The topological polar surface area (TPSA) is 51.8 Å². The number of nitrogens with zero attached hydrogens (tertiary/aromatic N) is 3. The van der Waals surface area contributed by atoms with Gasteiger partial charge in [0, 0.05) is 27.5 Å². The lowest BCUT2D eigenvalue weighted by Gasteiger charge is -2.12. The highest BCUT2D eigenvalue weighted by Gasteiger charge is 2.19. The van der Waals surface area contributed by atoms with E-state index in [0.717, 1.165) is 49.6 Å². The quantitative estimate of drug-likeness (QED) is 0.174. The Hall–Kier alpha value is -7.17. The van der Waals surface area contributed by atoms with Gasteiger partial charge in [-0.15, -0.1) is 0 Å². The summed E-state index contributed by atoms with van der Waals surface area (Å²) in [6.45, 7) is 0. The van der Waals surface area contributed by atoms with Crippen LogP contribution in [0.4, 0.5) is 0 Å². The zero-order chi connectivity index (χ0) is 34.9. The zero-order valence-corrected chi connectivity index (χ0v) is 28.5. The SMILES string of the molecule is c1ccc(-c2nc(-c3ccc4ccccc4c3)nc(-c3cccc4oc5ccc(-c6cccc7c6ccc6ccc8ccccc8c67)cc5c34)n2)cc1. The van der Waals surface area contributed by atoms with Gasteiger partial charge in [0.1, 0.15) is 11.2 Å². The highest BCUT2D eigenvalue weighted by atomic mass is 16.3. The average molecular weight is 676 g/mol. The number of hydrogen-bond acceptors (Lipinski definition) is 4. The van der Waals surface area contributed by atoms with E-state index in [4.69, 9.17) is 19.4 Å². The van der Waals surface area contributed by atoms with E-state index in [-0.39, 0.29) is 0 Å². The van der Waals surface area contributed by atoms with Gasteiger partial charge in [0.15, 0.2) is 17.5 Å². The van der Waals surface area contributed by atoms with Crippen LogP contribution in [-0.2, 0) is 0 Å². The number of benzene rings is 9. The fraction of sp³-hybridized carbons (Fsp3) is 0. The van der Waals surface area contributed by atoms with Crippen LogP contribution in [0.5, 0.6) is 0 Å². The maximum Gasteiger partial charge on any atom is 0.164 e. The van der Waals surface area contributed by atoms with E-state index in [2.05, 4.69) is 133 Å². The second-order valence-electron chi connectivity index (χ2n) is 13.6. The second kappa shape index (κ2) is 11.7. The van der Waals surface area contributed by atoms with Gasteiger partial charge in [-0.2, -0.15) is 0 Å². The molecular weight excluding hydrogens is 647 g/mol. The molecule has 0 aliphatic heterocycles. The van der Waals surface area contributed by atoms with E-state index >= 15 is 0 Å². The summed E-state index contributed by atoms with van der Waals surface area (Å²) in [5.41, 5.74) is 6.68. The number of fused-ring (bicyclic) bond motifs is 9. The second-order valence-corrected chi connectivity index (χ2v) is 13.6. The van der Waals surface area contributed by atoms with Gasteiger partial charge in [0.2, 0.25) is 0 Å². The van der Waals surface area contributed by atoms with Gasteiger partial charge in [0.25, 0.3) is 0 Å². The van der Waals surface area contributed by atoms with E-state index in [1.807, 2.05) is 42.5 Å². The first-order valence-corrected chi connectivity index (χ1v) is 17.9. The fourth-order valence-electron chi connectivity index (χ4n) is 7.97. The first-order chi connectivity index (χ1) is 26.2. The normalized spacial score (nSPS) is 11.8. The lowest BCUT2D eigenvalue weighted by molar-refractivity contribution is 0.669. The smallest absolute Gasteiger partial charge is 0.164 e. The molecule has 9 aromatic carbocycles. The zero-order valence-electron chi connectivity index (χ0n) is 28.5. The highest BCUT2D eigenvalue weighted by Crippen LogP contribution is 2.41. The van der Waals surface area contributed by atoms with Crippen molar-refractivity contribution in [3.8, 4) is 45.3 Å². The van der Waals surface area contributed by atoms with Crippen LogP contribution >= 0.6 is 0 Å². The molecule has 53 heavy (non-hydrogen) atoms. The maximum atomic E-state index is 6.51. The largest absolute Gasteiger partial charge is 0.456 e. The molecule has 0 radical (unpaired) electrons. The maximum absolute atomic E-state index is 6.51. The third-order valence-electron chi connectivity index (χ3n) is 10.5. The van der Waals surface area contributed by atoms with Crippen LogP contribution in [0.2, 0.25) is 0 Å². The molecule has 0 aliphatic carbocycles. The Balaban J connectivity index is 1.13. The molecule has 4 nitrogen and oxygen atoms in total. The summed E-state index contributed by atoms with van der Waals surface area (Å²) >= 11 is 0. The molecule has 2 aromatic heterocycles. The fourth-order valence-corrected chi connectivity index (χ4v) is 7.97. The summed E-state index contributed by atoms with van der Waals surface area (Å²) in [5, 5.41) is 11.8. The predicted molar refractivity (Wildman–Crippen MR) is 219 cm³/mol. The minimum absolute atomic E-state index is 0.601. The average Bonchev–Trinajstić information content (AvgIpc) is 3.61. The van der Waals surface area contributed by atoms with Gasteiger partial charge in [-0.1, -0.05) is 152 Å². The van der Waals surface area contributed by atoms with E-state index < -0.39 is 0 Å². The Kier molecular flexibility index (Phi) is 6.52. The predicted octanol–water partition coefficient (Wildman–Crippen LogP) is 13.1. The molecule has 0 bridgehead atoms. The summed E-state index contributed by atoms with van der Waals surface area (Å²) < 4.78 is 6.51. The number of hydrogen-bond donors (Lipinski definition) is 0. The van der Waals surface area contributed by atoms with Crippen molar-refractivity contribution >= 4 is 65.0 Å². The van der Waals surface area contributed by atoms with E-state index in [1.165, 1.54) is 43.3 Å². The molecule has 246 valence electrons. The van der Waals surface area contributed by atoms with Crippen LogP contribution in [0.15, 0.2) is 180 Å². The summed E-state index contributed by atoms with van der Waals surface area (Å²) in [6, 6.07) is 61.7.